The third-order valence-electron chi connectivity index (χ3n) is 2.91. The maximum absolute atomic E-state index is 10.1. The Morgan fingerprint density at radius 3 is 2.50 bits per heavy atom. The molecule has 0 aromatic heterocycles. The van der Waals surface area contributed by atoms with Gasteiger partial charge in [0, 0.05) is 11.6 Å². The summed E-state index contributed by atoms with van der Waals surface area (Å²) in [5.41, 5.74) is 1.50. The smallest absolute Gasteiger partial charge is 0.118 e. The summed E-state index contributed by atoms with van der Waals surface area (Å²) in [4.78, 5) is 0. The zero-order valence-corrected chi connectivity index (χ0v) is 12.4. The number of hydrogen-bond donors (Lipinski definition) is 2. The summed E-state index contributed by atoms with van der Waals surface area (Å²) in [5.74, 6) is 0.756. The fraction of sp³-hybridized carbons (Fsp3) is 0.200. The second kappa shape index (κ2) is 6.84. The highest BCUT2D eigenvalue weighted by Crippen LogP contribution is 2.26. The lowest BCUT2D eigenvalue weighted by Gasteiger charge is -2.14. The Kier molecular flexibility index (Phi) is 5.12. The number of aliphatic hydroxyl groups excluding tert-OH is 1. The highest BCUT2D eigenvalue weighted by molar-refractivity contribution is 6.35. The van der Waals surface area contributed by atoms with Gasteiger partial charge < -0.3 is 15.2 Å². The minimum Gasteiger partial charge on any atom is -0.497 e. The number of ether oxygens (including phenoxy) is 1. The summed E-state index contributed by atoms with van der Waals surface area (Å²) in [6, 6.07) is 12.4. The number of halogens is 2. The number of methoxy groups -OCH3 is 1. The molecule has 0 saturated carbocycles. The molecule has 1 atom stereocenters. The fourth-order valence-corrected chi connectivity index (χ4v) is 2.14. The van der Waals surface area contributed by atoms with Crippen molar-refractivity contribution in [1.82, 2.24) is 0 Å². The van der Waals surface area contributed by atoms with Crippen LogP contribution in [0.5, 0.6) is 5.75 Å². The lowest BCUT2D eigenvalue weighted by atomic mass is 10.1. The van der Waals surface area contributed by atoms with Crippen molar-refractivity contribution in [2.45, 2.75) is 6.10 Å². The quantitative estimate of drug-likeness (QED) is 0.871. The predicted molar refractivity (Wildman–Crippen MR) is 82.9 cm³/mol. The van der Waals surface area contributed by atoms with Crippen LogP contribution in [0.4, 0.5) is 5.69 Å². The van der Waals surface area contributed by atoms with Gasteiger partial charge in [0.25, 0.3) is 0 Å². The summed E-state index contributed by atoms with van der Waals surface area (Å²) in [6.07, 6.45) is -0.643. The molecule has 2 N–H and O–H groups in total. The Bertz CT molecular complexity index is 573. The van der Waals surface area contributed by atoms with E-state index in [2.05, 4.69) is 5.32 Å². The summed E-state index contributed by atoms with van der Waals surface area (Å²) < 4.78 is 5.08. The Labute approximate surface area is 128 Å². The van der Waals surface area contributed by atoms with Crippen LogP contribution in [-0.2, 0) is 0 Å². The Morgan fingerprint density at radius 2 is 1.85 bits per heavy atom. The lowest BCUT2D eigenvalue weighted by molar-refractivity contribution is 0.191. The third kappa shape index (κ3) is 3.79. The largest absolute Gasteiger partial charge is 0.497 e. The van der Waals surface area contributed by atoms with E-state index >= 15 is 0 Å². The number of anilines is 1. The van der Waals surface area contributed by atoms with Crippen LogP contribution in [0.3, 0.4) is 0 Å². The molecular formula is C15H15Cl2NO2. The number of rotatable bonds is 5. The van der Waals surface area contributed by atoms with E-state index in [0.29, 0.717) is 22.3 Å². The van der Waals surface area contributed by atoms with Crippen LogP contribution >= 0.6 is 23.2 Å². The molecule has 5 heteroatoms. The molecule has 0 heterocycles. The SMILES string of the molecule is COc1ccc(C(O)CNc2cc(Cl)ccc2Cl)cc1. The number of hydrogen-bond acceptors (Lipinski definition) is 3. The van der Waals surface area contributed by atoms with Crippen LogP contribution in [0.15, 0.2) is 42.5 Å². The van der Waals surface area contributed by atoms with E-state index < -0.39 is 6.10 Å². The maximum Gasteiger partial charge on any atom is 0.118 e. The minimum atomic E-state index is -0.643. The zero-order valence-electron chi connectivity index (χ0n) is 10.9. The molecule has 20 heavy (non-hydrogen) atoms. The standard InChI is InChI=1S/C15H15Cl2NO2/c1-20-12-5-2-10(3-6-12)15(19)9-18-14-8-11(16)4-7-13(14)17/h2-8,15,18-19H,9H2,1H3. The lowest BCUT2D eigenvalue weighted by Crippen LogP contribution is -2.12. The summed E-state index contributed by atoms with van der Waals surface area (Å²) in [7, 11) is 1.61. The van der Waals surface area contributed by atoms with Gasteiger partial charge in [-0.3, -0.25) is 0 Å². The average Bonchev–Trinajstić information content (AvgIpc) is 2.48. The highest BCUT2D eigenvalue weighted by Gasteiger charge is 2.09. The van der Waals surface area contributed by atoms with Crippen molar-refractivity contribution in [1.29, 1.82) is 0 Å². The topological polar surface area (TPSA) is 41.5 Å². The minimum absolute atomic E-state index is 0.340. The molecule has 106 valence electrons. The summed E-state index contributed by atoms with van der Waals surface area (Å²) >= 11 is 12.0. The van der Waals surface area contributed by atoms with Gasteiger partial charge in [-0.2, -0.15) is 0 Å². The molecule has 2 aromatic carbocycles. The zero-order chi connectivity index (χ0) is 14.5. The van der Waals surface area contributed by atoms with Crippen molar-refractivity contribution < 1.29 is 9.84 Å². The van der Waals surface area contributed by atoms with Gasteiger partial charge in [0.15, 0.2) is 0 Å². The summed E-state index contributed by atoms with van der Waals surface area (Å²) in [6.45, 7) is 0.340. The van der Waals surface area contributed by atoms with Crippen LogP contribution < -0.4 is 10.1 Å². The van der Waals surface area contributed by atoms with Gasteiger partial charge in [0.05, 0.1) is 23.9 Å². The van der Waals surface area contributed by atoms with Crippen LogP contribution in [0.25, 0.3) is 0 Å². The van der Waals surface area contributed by atoms with E-state index in [1.54, 1.807) is 25.3 Å². The second-order valence-electron chi connectivity index (χ2n) is 4.29. The molecule has 0 radical (unpaired) electrons. The fourth-order valence-electron chi connectivity index (χ4n) is 1.78. The van der Waals surface area contributed by atoms with Gasteiger partial charge in [0.2, 0.25) is 0 Å². The van der Waals surface area contributed by atoms with Crippen molar-refractivity contribution in [3.8, 4) is 5.75 Å². The van der Waals surface area contributed by atoms with Gasteiger partial charge in [0.1, 0.15) is 5.75 Å². The normalized spacial score (nSPS) is 12.0. The van der Waals surface area contributed by atoms with E-state index in [0.717, 1.165) is 11.3 Å². The molecule has 1 unspecified atom stereocenters. The Hall–Kier alpha value is -1.42. The van der Waals surface area contributed by atoms with Gasteiger partial charge >= 0.3 is 0 Å². The van der Waals surface area contributed by atoms with Crippen LogP contribution in [-0.4, -0.2) is 18.8 Å². The molecule has 0 aliphatic rings. The van der Waals surface area contributed by atoms with Crippen LogP contribution in [0, 0.1) is 0 Å². The van der Waals surface area contributed by atoms with Crippen molar-refractivity contribution in [2.24, 2.45) is 0 Å². The molecule has 2 rings (SSSR count). The van der Waals surface area contributed by atoms with Gasteiger partial charge in [-0.05, 0) is 35.9 Å². The first-order valence-corrected chi connectivity index (χ1v) is 6.86. The number of nitrogens with one attached hydrogen (secondary N) is 1. The predicted octanol–water partition coefficient (Wildman–Crippen LogP) is 4.15. The molecule has 0 amide bonds. The maximum atomic E-state index is 10.1. The first-order chi connectivity index (χ1) is 9.60. The first-order valence-electron chi connectivity index (χ1n) is 6.11. The number of aliphatic hydroxyl groups is 1. The Morgan fingerprint density at radius 1 is 1.15 bits per heavy atom. The van der Waals surface area contributed by atoms with Crippen molar-refractivity contribution in [3.63, 3.8) is 0 Å². The molecule has 0 saturated heterocycles. The Balaban J connectivity index is 2.00. The molecule has 0 spiro atoms. The van der Waals surface area contributed by atoms with E-state index in [1.807, 2.05) is 24.3 Å². The van der Waals surface area contributed by atoms with E-state index in [4.69, 9.17) is 27.9 Å². The molecule has 0 fully saturated rings. The third-order valence-corrected chi connectivity index (χ3v) is 3.48. The molecule has 0 aliphatic carbocycles. The van der Waals surface area contributed by atoms with Crippen LogP contribution in [0.1, 0.15) is 11.7 Å². The monoisotopic (exact) mass is 311 g/mol. The van der Waals surface area contributed by atoms with Crippen molar-refractivity contribution in [2.75, 3.05) is 19.0 Å². The molecule has 3 nitrogen and oxygen atoms in total. The highest BCUT2D eigenvalue weighted by atomic mass is 35.5. The van der Waals surface area contributed by atoms with Gasteiger partial charge in [-0.1, -0.05) is 35.3 Å². The summed E-state index contributed by atoms with van der Waals surface area (Å²) in [5, 5.41) is 14.4. The molecular weight excluding hydrogens is 297 g/mol. The van der Waals surface area contributed by atoms with Gasteiger partial charge in [-0.25, -0.2) is 0 Å². The van der Waals surface area contributed by atoms with E-state index in [9.17, 15) is 5.11 Å². The molecule has 2 aromatic rings. The average molecular weight is 312 g/mol. The van der Waals surface area contributed by atoms with E-state index in [-0.39, 0.29) is 0 Å². The molecule has 0 aliphatic heterocycles. The number of benzene rings is 2. The van der Waals surface area contributed by atoms with Crippen molar-refractivity contribution in [3.05, 3.63) is 58.1 Å². The second-order valence-corrected chi connectivity index (χ2v) is 5.14. The van der Waals surface area contributed by atoms with E-state index in [1.165, 1.54) is 0 Å². The van der Waals surface area contributed by atoms with Crippen LogP contribution in [0.2, 0.25) is 10.0 Å². The first kappa shape index (κ1) is 15.0. The molecule has 0 bridgehead atoms. The van der Waals surface area contributed by atoms with Crippen molar-refractivity contribution >= 4 is 28.9 Å². The van der Waals surface area contributed by atoms with Gasteiger partial charge in [-0.15, -0.1) is 0 Å².